The lowest BCUT2D eigenvalue weighted by molar-refractivity contribution is -0.205. The molecule has 3 rings (SSSR count). The maximum Gasteiger partial charge on any atom is 0.236 e. The maximum absolute atomic E-state index is 12.8. The number of phenols is 2. The minimum Gasteiger partial charge on any atom is -0.507 e. The highest BCUT2D eigenvalue weighted by molar-refractivity contribution is 8.00. The van der Waals surface area contributed by atoms with Crippen LogP contribution in [0.1, 0.15) is 20.7 Å². The Morgan fingerprint density at radius 2 is 1.53 bits per heavy atom. The summed E-state index contributed by atoms with van der Waals surface area (Å²) in [6.45, 7) is -0.655. The van der Waals surface area contributed by atoms with E-state index in [4.69, 9.17) is 14.2 Å². The van der Waals surface area contributed by atoms with Crippen LogP contribution >= 0.6 is 11.8 Å². The standard InChI is InChI=1S/C18H20O11S/c1-27-16-12(23)8-5(20)3-7(11(22)9(8)13(24)17(16)28-2)30-18-15(26)14(25)10(21)6(4-19)29-18/h3,6,10,14-15,18-22,25-26H,4H2,1-2H3. The summed E-state index contributed by atoms with van der Waals surface area (Å²) in [5.41, 5.74) is -2.29. The van der Waals surface area contributed by atoms with Crippen LogP contribution in [0.4, 0.5) is 0 Å². The topological polar surface area (TPSA) is 183 Å². The predicted octanol–water partition coefficient (Wildman–Crippen LogP) is -1.13. The summed E-state index contributed by atoms with van der Waals surface area (Å²) in [5, 5.41) is 60.2. The number of hydrogen-bond acceptors (Lipinski definition) is 12. The van der Waals surface area contributed by atoms with E-state index in [1.807, 2.05) is 0 Å². The van der Waals surface area contributed by atoms with Crippen molar-refractivity contribution in [2.75, 3.05) is 20.8 Å². The van der Waals surface area contributed by atoms with E-state index in [1.54, 1.807) is 0 Å². The molecule has 1 aromatic rings. The van der Waals surface area contributed by atoms with Crippen molar-refractivity contribution in [3.05, 3.63) is 28.7 Å². The monoisotopic (exact) mass is 444 g/mol. The molecule has 5 atom stereocenters. The number of rotatable bonds is 5. The molecule has 0 radical (unpaired) electrons. The summed E-state index contributed by atoms with van der Waals surface area (Å²) in [4.78, 5) is 25.2. The Kier molecular flexibility index (Phi) is 6.26. The van der Waals surface area contributed by atoms with Crippen molar-refractivity contribution in [2.24, 2.45) is 0 Å². The number of benzene rings is 1. The summed E-state index contributed by atoms with van der Waals surface area (Å²) in [6, 6.07) is 0.983. The largest absolute Gasteiger partial charge is 0.507 e. The Morgan fingerprint density at radius 3 is 2.07 bits per heavy atom. The number of aliphatic hydroxyl groups excluding tert-OH is 4. The molecule has 0 saturated carbocycles. The number of allylic oxidation sites excluding steroid dienone is 2. The van der Waals surface area contributed by atoms with Crippen molar-refractivity contribution in [1.82, 2.24) is 0 Å². The average Bonchev–Trinajstić information content (AvgIpc) is 2.72. The van der Waals surface area contributed by atoms with E-state index in [-0.39, 0.29) is 4.90 Å². The molecule has 11 nitrogen and oxygen atoms in total. The molecular weight excluding hydrogens is 424 g/mol. The molecule has 0 amide bonds. The second kappa shape index (κ2) is 8.41. The number of ketones is 2. The van der Waals surface area contributed by atoms with Gasteiger partial charge < -0.3 is 44.8 Å². The number of carbonyl (C=O) groups excluding carboxylic acids is 2. The minimum absolute atomic E-state index is 0.159. The number of phenolic OH excluding ortho intramolecular Hbond substituents is 2. The number of aromatic hydroxyl groups is 2. The fourth-order valence-corrected chi connectivity index (χ4v) is 4.41. The number of thioether (sulfide) groups is 1. The van der Waals surface area contributed by atoms with Gasteiger partial charge in [0.05, 0.1) is 36.8 Å². The molecule has 1 aliphatic heterocycles. The molecular formula is C18H20O11S. The fraction of sp³-hybridized carbons (Fsp3) is 0.444. The van der Waals surface area contributed by atoms with Gasteiger partial charge in [0.1, 0.15) is 41.4 Å². The molecule has 30 heavy (non-hydrogen) atoms. The van der Waals surface area contributed by atoms with Gasteiger partial charge in [-0.2, -0.15) is 0 Å². The number of hydrogen-bond donors (Lipinski definition) is 6. The lowest BCUT2D eigenvalue weighted by atomic mass is 9.90. The molecule has 2 aliphatic rings. The second-order valence-electron chi connectivity index (χ2n) is 6.53. The van der Waals surface area contributed by atoms with Gasteiger partial charge in [-0.1, -0.05) is 11.8 Å². The number of Topliss-reactive ketones (excluding diaryl/α,β-unsaturated/α-hetero) is 2. The van der Waals surface area contributed by atoms with E-state index in [0.717, 1.165) is 20.3 Å². The van der Waals surface area contributed by atoms with Gasteiger partial charge in [0.25, 0.3) is 0 Å². The first kappa shape index (κ1) is 22.3. The summed E-state index contributed by atoms with van der Waals surface area (Å²) < 4.78 is 15.2. The summed E-state index contributed by atoms with van der Waals surface area (Å²) in [7, 11) is 2.28. The Morgan fingerprint density at radius 1 is 0.967 bits per heavy atom. The first-order chi connectivity index (χ1) is 14.2. The Hall–Kier alpha value is -2.35. The van der Waals surface area contributed by atoms with Crippen LogP contribution in [0.15, 0.2) is 22.5 Å². The third kappa shape index (κ3) is 3.41. The van der Waals surface area contributed by atoms with Crippen LogP contribution in [-0.2, 0) is 14.2 Å². The highest BCUT2D eigenvalue weighted by Gasteiger charge is 2.45. The summed E-state index contributed by atoms with van der Waals surface area (Å²) in [5.74, 6) is -4.00. The van der Waals surface area contributed by atoms with E-state index in [2.05, 4.69) is 0 Å². The van der Waals surface area contributed by atoms with E-state index in [0.29, 0.717) is 11.8 Å². The van der Waals surface area contributed by atoms with E-state index in [9.17, 15) is 40.2 Å². The Labute approximate surface area is 174 Å². The molecule has 1 aromatic carbocycles. The smallest absolute Gasteiger partial charge is 0.236 e. The third-order valence-corrected chi connectivity index (χ3v) is 6.00. The molecule has 1 saturated heterocycles. The van der Waals surface area contributed by atoms with Crippen molar-refractivity contribution >= 4 is 23.3 Å². The SMILES string of the molecule is COC1=C(OC)C(=O)c2c(O)c(SC3OC(CO)C(O)C(O)C3O)cc(O)c2C1=O. The van der Waals surface area contributed by atoms with Crippen molar-refractivity contribution in [3.63, 3.8) is 0 Å². The lowest BCUT2D eigenvalue weighted by Crippen LogP contribution is -2.57. The second-order valence-corrected chi connectivity index (χ2v) is 7.67. The average molecular weight is 444 g/mol. The van der Waals surface area contributed by atoms with Crippen molar-refractivity contribution in [2.45, 2.75) is 34.7 Å². The minimum atomic E-state index is -1.66. The van der Waals surface area contributed by atoms with Gasteiger partial charge >= 0.3 is 0 Å². The van der Waals surface area contributed by atoms with Gasteiger partial charge in [0.2, 0.25) is 23.1 Å². The normalized spacial score (nSPS) is 29.1. The number of aliphatic hydroxyl groups is 4. The summed E-state index contributed by atoms with van der Waals surface area (Å²) in [6.07, 6.45) is -6.05. The van der Waals surface area contributed by atoms with Gasteiger partial charge in [-0.15, -0.1) is 0 Å². The van der Waals surface area contributed by atoms with Crippen LogP contribution in [0.3, 0.4) is 0 Å². The van der Waals surface area contributed by atoms with E-state index in [1.165, 1.54) is 0 Å². The van der Waals surface area contributed by atoms with Crippen molar-refractivity contribution in [1.29, 1.82) is 0 Å². The highest BCUT2D eigenvalue weighted by atomic mass is 32.2. The zero-order chi connectivity index (χ0) is 22.3. The quantitative estimate of drug-likeness (QED) is 0.301. The van der Waals surface area contributed by atoms with Crippen LogP contribution in [0.2, 0.25) is 0 Å². The Bertz CT molecular complexity index is 910. The molecule has 1 heterocycles. The zero-order valence-corrected chi connectivity index (χ0v) is 16.6. The molecule has 164 valence electrons. The Balaban J connectivity index is 2.03. The van der Waals surface area contributed by atoms with Gasteiger partial charge in [-0.25, -0.2) is 0 Å². The molecule has 1 fully saturated rings. The first-order valence-corrected chi connectivity index (χ1v) is 9.53. The molecule has 1 aliphatic carbocycles. The fourth-order valence-electron chi connectivity index (χ4n) is 3.27. The molecule has 0 spiro atoms. The van der Waals surface area contributed by atoms with E-state index >= 15 is 0 Å². The number of ether oxygens (including phenoxy) is 3. The molecule has 6 N–H and O–H groups in total. The highest BCUT2D eigenvalue weighted by Crippen LogP contribution is 2.46. The van der Waals surface area contributed by atoms with Crippen LogP contribution in [0, 0.1) is 0 Å². The number of fused-ring (bicyclic) bond motifs is 1. The van der Waals surface area contributed by atoms with Crippen LogP contribution in [0.5, 0.6) is 11.5 Å². The summed E-state index contributed by atoms with van der Waals surface area (Å²) >= 11 is 0.614. The van der Waals surface area contributed by atoms with Crippen molar-refractivity contribution in [3.8, 4) is 11.5 Å². The van der Waals surface area contributed by atoms with Gasteiger partial charge in [0, 0.05) is 0 Å². The van der Waals surface area contributed by atoms with Crippen LogP contribution in [-0.4, -0.2) is 92.9 Å². The lowest BCUT2D eigenvalue weighted by Gasteiger charge is -2.39. The third-order valence-electron chi connectivity index (χ3n) is 4.82. The van der Waals surface area contributed by atoms with E-state index < -0.39 is 82.2 Å². The van der Waals surface area contributed by atoms with Crippen LogP contribution in [0.25, 0.3) is 0 Å². The van der Waals surface area contributed by atoms with Crippen molar-refractivity contribution < 1.29 is 54.4 Å². The maximum atomic E-state index is 12.8. The molecule has 12 heteroatoms. The predicted molar refractivity (Wildman–Crippen MR) is 99.1 cm³/mol. The van der Waals surface area contributed by atoms with Gasteiger partial charge in [0.15, 0.2) is 0 Å². The van der Waals surface area contributed by atoms with Crippen LogP contribution < -0.4 is 0 Å². The molecule has 0 bridgehead atoms. The number of carbonyl (C=O) groups is 2. The number of methoxy groups -OCH3 is 2. The molecule has 5 unspecified atom stereocenters. The zero-order valence-electron chi connectivity index (χ0n) is 15.8. The van der Waals surface area contributed by atoms with Gasteiger partial charge in [-0.3, -0.25) is 9.59 Å². The van der Waals surface area contributed by atoms with Gasteiger partial charge in [-0.05, 0) is 6.07 Å². The first-order valence-electron chi connectivity index (χ1n) is 8.65. The molecule has 0 aromatic heterocycles.